The highest BCUT2D eigenvalue weighted by atomic mass is 16.5. The number of allylic oxidation sites excluding steroid dienone is 1. The summed E-state index contributed by atoms with van der Waals surface area (Å²) in [5.74, 6) is 1.25. The second-order valence-electron chi connectivity index (χ2n) is 8.62. The average molecular weight is 436 g/mol. The van der Waals surface area contributed by atoms with Crippen molar-refractivity contribution in [3.8, 4) is 11.5 Å². The monoisotopic (exact) mass is 435 g/mol. The van der Waals surface area contributed by atoms with Crippen LogP contribution in [0.2, 0.25) is 0 Å². The molecule has 32 heavy (non-hydrogen) atoms. The van der Waals surface area contributed by atoms with Crippen LogP contribution in [0.25, 0.3) is 10.9 Å². The molecule has 0 radical (unpaired) electrons. The smallest absolute Gasteiger partial charge is 0.349 e. The van der Waals surface area contributed by atoms with E-state index < -0.39 is 11.2 Å². The molecule has 0 bridgehead atoms. The number of nitrogens with zero attached hydrogens (tertiary/aromatic N) is 2. The van der Waals surface area contributed by atoms with Crippen LogP contribution in [0.1, 0.15) is 38.8 Å². The molecule has 0 saturated heterocycles. The number of benzene rings is 2. The van der Waals surface area contributed by atoms with E-state index in [-0.39, 0.29) is 5.41 Å². The third-order valence-electron chi connectivity index (χ3n) is 4.57. The molecule has 1 heterocycles. The lowest BCUT2D eigenvalue weighted by Crippen LogP contribution is -2.32. The summed E-state index contributed by atoms with van der Waals surface area (Å²) in [7, 11) is 0. The molecule has 0 amide bonds. The molecule has 0 aliphatic carbocycles. The maximum Gasteiger partial charge on any atom is 0.349 e. The van der Waals surface area contributed by atoms with Gasteiger partial charge in [-0.2, -0.15) is 5.10 Å². The van der Waals surface area contributed by atoms with E-state index in [1.807, 2.05) is 13.0 Å². The number of aromatic nitrogens is 2. The van der Waals surface area contributed by atoms with E-state index in [4.69, 9.17) is 9.47 Å². The highest BCUT2D eigenvalue weighted by Crippen LogP contribution is 2.34. The van der Waals surface area contributed by atoms with Crippen molar-refractivity contribution in [3.63, 3.8) is 0 Å². The largest absolute Gasteiger partial charge is 0.490 e. The van der Waals surface area contributed by atoms with Gasteiger partial charge in [0, 0.05) is 5.56 Å². The Balaban J connectivity index is 2.05. The molecule has 0 aliphatic heterocycles. The minimum atomic E-state index is -0.605. The molecule has 2 aromatic carbocycles. The lowest BCUT2D eigenvalue weighted by atomic mass is 9.98. The van der Waals surface area contributed by atoms with Crippen LogP contribution in [0.5, 0.6) is 11.5 Å². The molecule has 0 fully saturated rings. The van der Waals surface area contributed by atoms with Crippen LogP contribution in [-0.2, 0) is 6.42 Å². The van der Waals surface area contributed by atoms with Gasteiger partial charge in [-0.05, 0) is 48.6 Å². The Bertz CT molecular complexity index is 1260. The van der Waals surface area contributed by atoms with E-state index in [1.165, 1.54) is 6.21 Å². The first kappa shape index (κ1) is 23.1. The molecule has 168 valence electrons. The zero-order chi connectivity index (χ0) is 23.3. The van der Waals surface area contributed by atoms with Crippen molar-refractivity contribution in [2.24, 2.45) is 10.5 Å². The molecule has 7 heteroatoms. The van der Waals surface area contributed by atoms with Gasteiger partial charge in [0.25, 0.3) is 5.56 Å². The standard InChI is InChI=1S/C25H29N3O4/c1-6-10-18-13-17(14-21(31-7-2)22(18)32-16-25(3,4)5)15-26-28-23(29)19-11-8-9-12-20(19)27-24(28)30/h6,8-9,11-15H,1,7,10,16H2,2-5H3,(H,27,30). The Labute approximate surface area is 187 Å². The van der Waals surface area contributed by atoms with Crippen molar-refractivity contribution in [3.05, 3.63) is 81.0 Å². The first-order chi connectivity index (χ1) is 15.2. The van der Waals surface area contributed by atoms with Gasteiger partial charge < -0.3 is 14.5 Å². The minimum absolute atomic E-state index is 0.0205. The summed E-state index contributed by atoms with van der Waals surface area (Å²) in [5.41, 5.74) is 0.923. The second-order valence-corrected chi connectivity index (χ2v) is 8.62. The molecule has 0 saturated carbocycles. The molecule has 3 aromatic rings. The molecule has 0 spiro atoms. The summed E-state index contributed by atoms with van der Waals surface area (Å²) in [6.45, 7) is 13.0. The number of fused-ring (bicyclic) bond motifs is 1. The van der Waals surface area contributed by atoms with E-state index in [0.29, 0.717) is 47.6 Å². The number of ether oxygens (including phenoxy) is 2. The zero-order valence-electron chi connectivity index (χ0n) is 19.0. The van der Waals surface area contributed by atoms with E-state index in [1.54, 1.807) is 36.4 Å². The van der Waals surface area contributed by atoms with E-state index in [9.17, 15) is 9.59 Å². The molecule has 1 aromatic heterocycles. The topological polar surface area (TPSA) is 85.7 Å². The van der Waals surface area contributed by atoms with Crippen LogP contribution in [0.3, 0.4) is 0 Å². The van der Waals surface area contributed by atoms with E-state index in [0.717, 1.165) is 10.2 Å². The van der Waals surface area contributed by atoms with Gasteiger partial charge in [0.05, 0.1) is 30.3 Å². The molecule has 0 unspecified atom stereocenters. The summed E-state index contributed by atoms with van der Waals surface area (Å²) < 4.78 is 12.8. The predicted molar refractivity (Wildman–Crippen MR) is 128 cm³/mol. The highest BCUT2D eigenvalue weighted by Gasteiger charge is 2.17. The van der Waals surface area contributed by atoms with Crippen LogP contribution in [0.4, 0.5) is 0 Å². The van der Waals surface area contributed by atoms with Crippen molar-refractivity contribution in [2.75, 3.05) is 13.2 Å². The normalized spacial score (nSPS) is 11.8. The maximum absolute atomic E-state index is 12.7. The number of nitrogens with one attached hydrogen (secondary N) is 1. The minimum Gasteiger partial charge on any atom is -0.490 e. The van der Waals surface area contributed by atoms with E-state index in [2.05, 4.69) is 37.4 Å². The summed E-state index contributed by atoms with van der Waals surface area (Å²) in [6.07, 6.45) is 3.82. The van der Waals surface area contributed by atoms with Crippen LogP contribution in [0, 0.1) is 5.41 Å². The number of hydrogen-bond acceptors (Lipinski definition) is 5. The average Bonchev–Trinajstić information content (AvgIpc) is 2.73. The Kier molecular flexibility index (Phi) is 6.98. The Morgan fingerprint density at radius 2 is 1.91 bits per heavy atom. The highest BCUT2D eigenvalue weighted by molar-refractivity contribution is 5.82. The third kappa shape index (κ3) is 5.35. The Hall–Kier alpha value is -3.61. The van der Waals surface area contributed by atoms with Crippen molar-refractivity contribution in [1.82, 2.24) is 9.66 Å². The van der Waals surface area contributed by atoms with E-state index >= 15 is 0 Å². The molecule has 0 atom stereocenters. The summed E-state index contributed by atoms with van der Waals surface area (Å²) in [5, 5.41) is 4.54. The van der Waals surface area contributed by atoms with Crippen molar-refractivity contribution >= 4 is 17.1 Å². The molecule has 0 aliphatic rings. The van der Waals surface area contributed by atoms with Gasteiger partial charge in [0.15, 0.2) is 11.5 Å². The fourth-order valence-corrected chi connectivity index (χ4v) is 3.16. The molecular formula is C25H29N3O4. The van der Waals surface area contributed by atoms with Crippen molar-refractivity contribution < 1.29 is 9.47 Å². The predicted octanol–water partition coefficient (Wildman–Crippen LogP) is 4.12. The second kappa shape index (κ2) is 9.68. The van der Waals surface area contributed by atoms with Crippen molar-refractivity contribution in [2.45, 2.75) is 34.1 Å². The fourth-order valence-electron chi connectivity index (χ4n) is 3.16. The first-order valence-corrected chi connectivity index (χ1v) is 10.6. The summed E-state index contributed by atoms with van der Waals surface area (Å²) in [6, 6.07) is 10.5. The number of para-hydroxylation sites is 1. The Morgan fingerprint density at radius 1 is 1.16 bits per heavy atom. The number of hydrogen-bond donors (Lipinski definition) is 1. The summed E-state index contributed by atoms with van der Waals surface area (Å²) >= 11 is 0. The van der Waals surface area contributed by atoms with Crippen molar-refractivity contribution in [1.29, 1.82) is 0 Å². The maximum atomic E-state index is 12.7. The lowest BCUT2D eigenvalue weighted by Gasteiger charge is -2.22. The molecular weight excluding hydrogens is 406 g/mol. The zero-order valence-corrected chi connectivity index (χ0v) is 19.0. The number of aromatic amines is 1. The van der Waals surface area contributed by atoms with Gasteiger partial charge >= 0.3 is 5.69 Å². The fraction of sp³-hybridized carbons (Fsp3) is 0.320. The van der Waals surface area contributed by atoms with Gasteiger partial charge in [-0.15, -0.1) is 11.3 Å². The van der Waals surface area contributed by atoms with Gasteiger partial charge in [0.1, 0.15) is 0 Å². The Morgan fingerprint density at radius 3 is 2.59 bits per heavy atom. The lowest BCUT2D eigenvalue weighted by molar-refractivity contribution is 0.187. The van der Waals surface area contributed by atoms with Gasteiger partial charge in [-0.3, -0.25) is 4.79 Å². The quantitative estimate of drug-likeness (QED) is 0.426. The number of rotatable bonds is 8. The molecule has 1 N–H and O–H groups in total. The van der Waals surface area contributed by atoms with Gasteiger partial charge in [0.2, 0.25) is 0 Å². The first-order valence-electron chi connectivity index (χ1n) is 10.6. The molecule has 3 rings (SSSR count). The number of H-pyrrole nitrogens is 1. The third-order valence-corrected chi connectivity index (χ3v) is 4.57. The molecule has 7 nitrogen and oxygen atoms in total. The van der Waals surface area contributed by atoms with Gasteiger partial charge in [-0.1, -0.05) is 39.0 Å². The van der Waals surface area contributed by atoms with Crippen LogP contribution in [0.15, 0.2) is 63.7 Å². The summed E-state index contributed by atoms with van der Waals surface area (Å²) in [4.78, 5) is 27.8. The van der Waals surface area contributed by atoms with Gasteiger partial charge in [-0.25, -0.2) is 4.79 Å². The van der Waals surface area contributed by atoms with Crippen LogP contribution in [-0.4, -0.2) is 29.1 Å². The van der Waals surface area contributed by atoms with Crippen LogP contribution < -0.4 is 20.7 Å². The SMILES string of the molecule is C=CCc1cc(C=Nn2c(=O)[nH]c3ccccc3c2=O)cc(OCC)c1OCC(C)(C)C. The van der Waals surface area contributed by atoms with Crippen LogP contribution >= 0.6 is 0 Å².